The van der Waals surface area contributed by atoms with Crippen LogP contribution in [0.5, 0.6) is 5.75 Å². The van der Waals surface area contributed by atoms with Gasteiger partial charge in [-0.05, 0) is 31.5 Å². The van der Waals surface area contributed by atoms with Gasteiger partial charge in [-0.15, -0.1) is 0 Å². The van der Waals surface area contributed by atoms with Crippen molar-refractivity contribution in [1.82, 2.24) is 0 Å². The second-order valence-electron chi connectivity index (χ2n) is 6.34. The molecule has 0 amide bonds. The third-order valence-electron chi connectivity index (χ3n) is 4.18. The first-order valence-corrected chi connectivity index (χ1v) is 7.86. The largest absolute Gasteiger partial charge is 0.508 e. The molecular weight excluding hydrogens is 320 g/mol. The summed E-state index contributed by atoms with van der Waals surface area (Å²) in [5.41, 5.74) is 0.257. The molecule has 3 rings (SSSR count). The van der Waals surface area contributed by atoms with Gasteiger partial charge in [0.05, 0.1) is 5.41 Å². The number of ether oxygens (including phenoxy) is 1. The number of hydrogen-bond acceptors (Lipinski definition) is 5. The van der Waals surface area contributed by atoms with E-state index in [4.69, 9.17) is 9.15 Å². The Hall–Kier alpha value is -3.08. The van der Waals surface area contributed by atoms with Gasteiger partial charge in [0, 0.05) is 23.1 Å². The van der Waals surface area contributed by atoms with Crippen LogP contribution in [0, 0.1) is 0 Å². The number of hydrogen-bond donors (Lipinski definition) is 1. The maximum atomic E-state index is 12.5. The molecule has 128 valence electrons. The molecule has 5 heteroatoms. The molecule has 2 aromatic carbocycles. The molecule has 0 fully saturated rings. The number of fused-ring (bicyclic) bond motifs is 1. The minimum absolute atomic E-state index is 0.00462. The molecule has 0 saturated heterocycles. The van der Waals surface area contributed by atoms with E-state index < -0.39 is 11.0 Å². The van der Waals surface area contributed by atoms with Crippen LogP contribution in [-0.4, -0.2) is 11.1 Å². The zero-order chi connectivity index (χ0) is 18.0. The number of carbonyl (C=O) groups excluding carboxylic acids is 1. The standard InChI is InChI=1S/C20H18O5/c1-20(2,14-6-4-3-5-7-14)19(23)24-12-13-10-18(22)25-17-11-15(21)8-9-16(13)17/h3-11,21H,12H2,1-2H3. The summed E-state index contributed by atoms with van der Waals surface area (Å²) in [6, 6.07) is 15.1. The van der Waals surface area contributed by atoms with Crippen molar-refractivity contribution in [3.8, 4) is 5.75 Å². The first-order valence-electron chi connectivity index (χ1n) is 7.86. The molecule has 0 bridgehead atoms. The summed E-state index contributed by atoms with van der Waals surface area (Å²) in [7, 11) is 0. The van der Waals surface area contributed by atoms with Gasteiger partial charge in [-0.25, -0.2) is 4.79 Å². The molecule has 0 aliphatic carbocycles. The normalized spacial score (nSPS) is 11.4. The van der Waals surface area contributed by atoms with Crippen LogP contribution >= 0.6 is 0 Å². The fourth-order valence-electron chi connectivity index (χ4n) is 2.63. The summed E-state index contributed by atoms with van der Waals surface area (Å²) in [6.07, 6.45) is 0. The predicted molar refractivity (Wildman–Crippen MR) is 93.4 cm³/mol. The van der Waals surface area contributed by atoms with E-state index in [1.165, 1.54) is 18.2 Å². The Morgan fingerprint density at radius 3 is 2.56 bits per heavy atom. The fourth-order valence-corrected chi connectivity index (χ4v) is 2.63. The highest BCUT2D eigenvalue weighted by Crippen LogP contribution is 2.26. The minimum Gasteiger partial charge on any atom is -0.508 e. The topological polar surface area (TPSA) is 76.7 Å². The van der Waals surface area contributed by atoms with Gasteiger partial charge in [-0.1, -0.05) is 30.3 Å². The van der Waals surface area contributed by atoms with Crippen LogP contribution in [0.2, 0.25) is 0 Å². The van der Waals surface area contributed by atoms with E-state index in [0.717, 1.165) is 5.56 Å². The third kappa shape index (κ3) is 3.40. The molecule has 3 aromatic rings. The quantitative estimate of drug-likeness (QED) is 0.582. The zero-order valence-corrected chi connectivity index (χ0v) is 14.0. The molecule has 0 radical (unpaired) electrons. The Balaban J connectivity index is 1.85. The predicted octanol–water partition coefficient (Wildman–Crippen LogP) is 3.52. The lowest BCUT2D eigenvalue weighted by molar-refractivity contribution is -0.150. The molecule has 0 atom stereocenters. The molecule has 5 nitrogen and oxygen atoms in total. The maximum Gasteiger partial charge on any atom is 0.336 e. The summed E-state index contributed by atoms with van der Waals surface area (Å²) in [6.45, 7) is 3.53. The summed E-state index contributed by atoms with van der Waals surface area (Å²) in [5, 5.41) is 10.1. The van der Waals surface area contributed by atoms with Crippen LogP contribution in [0.25, 0.3) is 11.0 Å². The van der Waals surface area contributed by atoms with Gasteiger partial charge >= 0.3 is 11.6 Å². The first-order chi connectivity index (χ1) is 11.9. The molecule has 1 aromatic heterocycles. The minimum atomic E-state index is -0.811. The van der Waals surface area contributed by atoms with E-state index in [1.807, 2.05) is 30.3 Å². The Morgan fingerprint density at radius 2 is 1.84 bits per heavy atom. The smallest absolute Gasteiger partial charge is 0.336 e. The van der Waals surface area contributed by atoms with E-state index in [-0.39, 0.29) is 23.9 Å². The monoisotopic (exact) mass is 338 g/mol. The van der Waals surface area contributed by atoms with E-state index >= 15 is 0 Å². The fraction of sp³-hybridized carbons (Fsp3) is 0.200. The molecule has 0 aliphatic rings. The molecule has 1 N–H and O–H groups in total. The Bertz CT molecular complexity index is 970. The van der Waals surface area contributed by atoms with Crippen LogP contribution < -0.4 is 5.63 Å². The molecule has 0 spiro atoms. The van der Waals surface area contributed by atoms with E-state index in [2.05, 4.69) is 0 Å². The van der Waals surface area contributed by atoms with Crippen LogP contribution in [0.15, 0.2) is 63.8 Å². The summed E-state index contributed by atoms with van der Waals surface area (Å²) in [5.74, 6) is -0.395. The Morgan fingerprint density at radius 1 is 1.12 bits per heavy atom. The average Bonchev–Trinajstić information content (AvgIpc) is 2.59. The SMILES string of the molecule is CC(C)(C(=O)OCc1cc(=O)oc2cc(O)ccc12)c1ccccc1. The number of benzene rings is 2. The summed E-state index contributed by atoms with van der Waals surface area (Å²) >= 11 is 0. The van der Waals surface area contributed by atoms with Crippen molar-refractivity contribution < 1.29 is 19.1 Å². The van der Waals surface area contributed by atoms with Crippen molar-refractivity contribution in [2.45, 2.75) is 25.9 Å². The summed E-state index contributed by atoms with van der Waals surface area (Å²) < 4.78 is 10.5. The lowest BCUT2D eigenvalue weighted by Crippen LogP contribution is -2.31. The molecular formula is C20H18O5. The number of phenols is 1. The number of phenolic OH excluding ortho intramolecular Hbond substituents is 1. The van der Waals surface area contributed by atoms with Gasteiger partial charge in [-0.3, -0.25) is 4.79 Å². The van der Waals surface area contributed by atoms with Gasteiger partial charge < -0.3 is 14.3 Å². The third-order valence-corrected chi connectivity index (χ3v) is 4.18. The molecule has 0 saturated carbocycles. The van der Waals surface area contributed by atoms with Crippen molar-refractivity contribution >= 4 is 16.9 Å². The van der Waals surface area contributed by atoms with Gasteiger partial charge in [0.2, 0.25) is 0 Å². The second-order valence-corrected chi connectivity index (χ2v) is 6.34. The molecule has 0 aliphatic heterocycles. The Kier molecular flexibility index (Phi) is 4.31. The van der Waals surface area contributed by atoms with Crippen molar-refractivity contribution in [1.29, 1.82) is 0 Å². The molecule has 0 unspecified atom stereocenters. The summed E-state index contributed by atoms with van der Waals surface area (Å²) in [4.78, 5) is 24.2. The number of aromatic hydroxyl groups is 1. The molecule has 1 heterocycles. The highest BCUT2D eigenvalue weighted by atomic mass is 16.5. The second kappa shape index (κ2) is 6.43. The van der Waals surface area contributed by atoms with Crippen LogP contribution in [0.1, 0.15) is 25.0 Å². The zero-order valence-electron chi connectivity index (χ0n) is 14.0. The lowest BCUT2D eigenvalue weighted by Gasteiger charge is -2.23. The van der Waals surface area contributed by atoms with Crippen LogP contribution in [0.3, 0.4) is 0 Å². The average molecular weight is 338 g/mol. The highest BCUT2D eigenvalue weighted by Gasteiger charge is 2.31. The number of carbonyl (C=O) groups is 1. The highest BCUT2D eigenvalue weighted by molar-refractivity contribution is 5.84. The molecule has 25 heavy (non-hydrogen) atoms. The first kappa shape index (κ1) is 16.8. The van der Waals surface area contributed by atoms with Crippen molar-refractivity contribution in [3.63, 3.8) is 0 Å². The van der Waals surface area contributed by atoms with Gasteiger partial charge in [0.15, 0.2) is 0 Å². The van der Waals surface area contributed by atoms with Crippen LogP contribution in [-0.2, 0) is 21.6 Å². The Labute approximate surface area is 144 Å². The van der Waals surface area contributed by atoms with E-state index in [1.54, 1.807) is 19.9 Å². The van der Waals surface area contributed by atoms with E-state index in [9.17, 15) is 14.7 Å². The number of rotatable bonds is 4. The van der Waals surface area contributed by atoms with Crippen molar-refractivity contribution in [3.05, 3.63) is 76.1 Å². The van der Waals surface area contributed by atoms with Crippen LogP contribution in [0.4, 0.5) is 0 Å². The number of esters is 1. The van der Waals surface area contributed by atoms with Gasteiger partial charge in [0.1, 0.15) is 17.9 Å². The lowest BCUT2D eigenvalue weighted by atomic mass is 9.85. The van der Waals surface area contributed by atoms with Crippen molar-refractivity contribution in [2.24, 2.45) is 0 Å². The van der Waals surface area contributed by atoms with E-state index in [0.29, 0.717) is 10.9 Å². The maximum absolute atomic E-state index is 12.5. The van der Waals surface area contributed by atoms with Gasteiger partial charge in [0.25, 0.3) is 0 Å². The van der Waals surface area contributed by atoms with Gasteiger partial charge in [-0.2, -0.15) is 0 Å². The van der Waals surface area contributed by atoms with Crippen molar-refractivity contribution in [2.75, 3.05) is 0 Å².